The molecular formula is C23H28N6O2S. The molecule has 9 heteroatoms. The Balaban J connectivity index is 1.48. The number of anilines is 3. The zero-order chi connectivity index (χ0) is 22.9. The van der Waals surface area contributed by atoms with Gasteiger partial charge >= 0.3 is 0 Å². The molecule has 0 saturated carbocycles. The van der Waals surface area contributed by atoms with E-state index in [1.807, 2.05) is 52.0 Å². The minimum absolute atomic E-state index is 0.351. The summed E-state index contributed by atoms with van der Waals surface area (Å²) in [6, 6.07) is 11.1. The Morgan fingerprint density at radius 3 is 2.28 bits per heavy atom. The van der Waals surface area contributed by atoms with Gasteiger partial charge < -0.3 is 10.2 Å². The summed E-state index contributed by atoms with van der Waals surface area (Å²) in [6.45, 7) is 9.69. The molecule has 32 heavy (non-hydrogen) atoms. The lowest BCUT2D eigenvalue weighted by molar-refractivity contribution is 0.383. The monoisotopic (exact) mass is 452 g/mol. The predicted molar refractivity (Wildman–Crippen MR) is 126 cm³/mol. The van der Waals surface area contributed by atoms with Crippen LogP contribution in [0.25, 0.3) is 0 Å². The topological polar surface area (TPSA) is 91.3 Å². The van der Waals surface area contributed by atoms with E-state index in [-0.39, 0.29) is 0 Å². The number of sulfonamides is 1. The van der Waals surface area contributed by atoms with Crippen molar-refractivity contribution in [1.29, 1.82) is 0 Å². The average molecular weight is 453 g/mol. The highest BCUT2D eigenvalue weighted by Crippen LogP contribution is 2.24. The first-order valence-corrected chi connectivity index (χ1v) is 12.0. The fraction of sp³-hybridized carbons (Fsp3) is 0.348. The molecule has 1 fully saturated rings. The molecule has 168 valence electrons. The third-order valence-electron chi connectivity index (χ3n) is 5.67. The van der Waals surface area contributed by atoms with Gasteiger partial charge in [0.15, 0.2) is 0 Å². The smallest absolute Gasteiger partial charge is 0.243 e. The summed E-state index contributed by atoms with van der Waals surface area (Å²) in [4.78, 5) is 15.8. The summed E-state index contributed by atoms with van der Waals surface area (Å²) < 4.78 is 27.7. The third-order valence-corrected chi connectivity index (χ3v) is 7.57. The van der Waals surface area contributed by atoms with E-state index in [9.17, 15) is 8.42 Å². The number of rotatable bonds is 5. The number of hydrogen-bond donors (Lipinski definition) is 1. The van der Waals surface area contributed by atoms with Gasteiger partial charge in [0.05, 0.1) is 4.90 Å². The number of hydrogen-bond acceptors (Lipinski definition) is 7. The maximum absolute atomic E-state index is 13.1. The van der Waals surface area contributed by atoms with E-state index in [2.05, 4.69) is 25.2 Å². The van der Waals surface area contributed by atoms with Crippen LogP contribution >= 0.6 is 0 Å². The first-order valence-electron chi connectivity index (χ1n) is 10.6. The molecule has 0 spiro atoms. The highest BCUT2D eigenvalue weighted by atomic mass is 32.2. The summed E-state index contributed by atoms with van der Waals surface area (Å²) in [6.07, 6.45) is 1.75. The predicted octanol–water partition coefficient (Wildman–Crippen LogP) is 3.36. The van der Waals surface area contributed by atoms with Gasteiger partial charge in [0.25, 0.3) is 0 Å². The van der Waals surface area contributed by atoms with E-state index in [4.69, 9.17) is 0 Å². The van der Waals surface area contributed by atoms with Crippen LogP contribution in [-0.2, 0) is 10.0 Å². The van der Waals surface area contributed by atoms with Gasteiger partial charge in [-0.15, -0.1) is 0 Å². The van der Waals surface area contributed by atoms with Gasteiger partial charge in [-0.2, -0.15) is 4.31 Å². The molecule has 0 bridgehead atoms. The van der Waals surface area contributed by atoms with E-state index in [1.165, 1.54) is 0 Å². The average Bonchev–Trinajstić information content (AvgIpc) is 2.75. The Bertz CT molecular complexity index is 1240. The number of piperazine rings is 1. The van der Waals surface area contributed by atoms with Crippen molar-refractivity contribution in [2.45, 2.75) is 32.6 Å². The molecule has 3 aromatic rings. The van der Waals surface area contributed by atoms with Crippen molar-refractivity contribution in [2.24, 2.45) is 0 Å². The van der Waals surface area contributed by atoms with Crippen molar-refractivity contribution in [3.63, 3.8) is 0 Å². The van der Waals surface area contributed by atoms with Crippen molar-refractivity contribution in [1.82, 2.24) is 19.3 Å². The van der Waals surface area contributed by atoms with Crippen LogP contribution in [0.3, 0.4) is 0 Å². The normalized spacial score (nSPS) is 15.1. The van der Waals surface area contributed by atoms with Crippen LogP contribution in [0.15, 0.2) is 47.5 Å². The van der Waals surface area contributed by atoms with Gasteiger partial charge in [-0.1, -0.05) is 6.07 Å². The molecule has 3 heterocycles. The van der Waals surface area contributed by atoms with Crippen molar-refractivity contribution in [3.05, 3.63) is 65.1 Å². The maximum Gasteiger partial charge on any atom is 0.243 e. The van der Waals surface area contributed by atoms with Gasteiger partial charge in [0.2, 0.25) is 10.0 Å². The van der Waals surface area contributed by atoms with E-state index < -0.39 is 10.0 Å². The quantitative estimate of drug-likeness (QED) is 0.635. The van der Waals surface area contributed by atoms with Crippen molar-refractivity contribution >= 4 is 27.5 Å². The SMILES string of the molecule is Cc1ccnc(Nc2cc(N3CCN(S(=O)(=O)c4ccc(C)c(C)c4)CC3)nc(C)n2)c1. The molecule has 0 atom stereocenters. The van der Waals surface area contributed by atoms with Gasteiger partial charge in [-0.3, -0.25) is 0 Å². The Hall–Kier alpha value is -3.04. The summed E-state index contributed by atoms with van der Waals surface area (Å²) in [5, 5.41) is 3.23. The van der Waals surface area contributed by atoms with Gasteiger partial charge in [-0.05, 0) is 68.7 Å². The Morgan fingerprint density at radius 2 is 1.59 bits per heavy atom. The van der Waals surface area contributed by atoms with Crippen LogP contribution in [0.5, 0.6) is 0 Å². The molecule has 8 nitrogen and oxygen atoms in total. The van der Waals surface area contributed by atoms with Crippen LogP contribution in [0.1, 0.15) is 22.5 Å². The van der Waals surface area contributed by atoms with Gasteiger partial charge in [0.1, 0.15) is 23.3 Å². The van der Waals surface area contributed by atoms with Crippen molar-refractivity contribution in [2.75, 3.05) is 36.4 Å². The second-order valence-electron chi connectivity index (χ2n) is 8.14. The highest BCUT2D eigenvalue weighted by molar-refractivity contribution is 7.89. The number of aryl methyl sites for hydroxylation is 4. The molecule has 0 amide bonds. The third kappa shape index (κ3) is 4.73. The maximum atomic E-state index is 13.1. The van der Waals surface area contributed by atoms with Crippen molar-refractivity contribution < 1.29 is 8.42 Å². The zero-order valence-corrected chi connectivity index (χ0v) is 19.6. The number of benzene rings is 1. The number of nitrogens with zero attached hydrogens (tertiary/aromatic N) is 5. The molecule has 1 aromatic carbocycles. The molecule has 0 unspecified atom stereocenters. The van der Waals surface area contributed by atoms with Crippen LogP contribution in [0.4, 0.5) is 17.5 Å². The van der Waals surface area contributed by atoms with Gasteiger partial charge in [-0.25, -0.2) is 23.4 Å². The Kier molecular flexibility index (Phi) is 6.12. The van der Waals surface area contributed by atoms with Crippen LogP contribution in [0, 0.1) is 27.7 Å². The Labute approximate surface area is 189 Å². The number of pyridine rings is 1. The molecule has 1 N–H and O–H groups in total. The lowest BCUT2D eigenvalue weighted by Crippen LogP contribution is -2.49. The van der Waals surface area contributed by atoms with Gasteiger partial charge in [0, 0.05) is 38.4 Å². The lowest BCUT2D eigenvalue weighted by atomic mass is 10.1. The first kappa shape index (κ1) is 22.2. The summed E-state index contributed by atoms with van der Waals surface area (Å²) in [5.41, 5.74) is 3.16. The van der Waals surface area contributed by atoms with Crippen LogP contribution < -0.4 is 10.2 Å². The summed E-state index contributed by atoms with van der Waals surface area (Å²) in [7, 11) is -3.51. The second kappa shape index (κ2) is 8.84. The molecule has 2 aromatic heterocycles. The van der Waals surface area contributed by atoms with E-state index in [1.54, 1.807) is 22.6 Å². The van der Waals surface area contributed by atoms with E-state index in [0.29, 0.717) is 42.7 Å². The molecule has 0 aliphatic carbocycles. The van der Waals surface area contributed by atoms with Crippen LogP contribution in [0.2, 0.25) is 0 Å². The standard InChI is InChI=1S/C23H28N6O2S/c1-16-7-8-24-21(13-16)27-22-15-23(26-19(4)25-22)28-9-11-29(12-10-28)32(30,31)20-6-5-17(2)18(3)14-20/h5-8,13-15H,9-12H2,1-4H3,(H,24,25,26,27). The largest absolute Gasteiger partial charge is 0.354 e. The molecule has 4 rings (SSSR count). The highest BCUT2D eigenvalue weighted by Gasteiger charge is 2.29. The minimum Gasteiger partial charge on any atom is -0.354 e. The minimum atomic E-state index is -3.51. The first-order chi connectivity index (χ1) is 15.2. The number of nitrogens with one attached hydrogen (secondary N) is 1. The zero-order valence-electron chi connectivity index (χ0n) is 18.8. The van der Waals surface area contributed by atoms with Crippen LogP contribution in [-0.4, -0.2) is 53.9 Å². The second-order valence-corrected chi connectivity index (χ2v) is 10.1. The summed E-state index contributed by atoms with van der Waals surface area (Å²) in [5.74, 6) is 2.80. The summed E-state index contributed by atoms with van der Waals surface area (Å²) >= 11 is 0. The molecular weight excluding hydrogens is 424 g/mol. The number of aromatic nitrogens is 3. The fourth-order valence-corrected chi connectivity index (χ4v) is 5.20. The van der Waals surface area contributed by atoms with E-state index >= 15 is 0 Å². The Morgan fingerprint density at radius 1 is 0.844 bits per heavy atom. The fourth-order valence-electron chi connectivity index (χ4n) is 3.69. The molecule has 0 radical (unpaired) electrons. The molecule has 1 aliphatic heterocycles. The molecule has 1 aliphatic rings. The molecule has 1 saturated heterocycles. The van der Waals surface area contributed by atoms with E-state index in [0.717, 1.165) is 28.3 Å². The lowest BCUT2D eigenvalue weighted by Gasteiger charge is -2.35. The van der Waals surface area contributed by atoms with Crippen molar-refractivity contribution in [3.8, 4) is 0 Å².